The van der Waals surface area contributed by atoms with Gasteiger partial charge in [-0.1, -0.05) is 26.0 Å². The maximum Gasteiger partial charge on any atom is 0.0458 e. The zero-order valence-corrected chi connectivity index (χ0v) is 9.57. The summed E-state index contributed by atoms with van der Waals surface area (Å²) in [6.45, 7) is 4.79. The molecule has 0 saturated heterocycles. The topological polar surface area (TPSA) is 45.2 Å². The van der Waals surface area contributed by atoms with Crippen molar-refractivity contribution in [3.05, 3.63) is 41.7 Å². The van der Waals surface area contributed by atoms with Crippen LogP contribution in [0.2, 0.25) is 0 Å². The molecule has 2 N–H and O–H groups in total. The fourth-order valence-electron chi connectivity index (χ4n) is 1.91. The summed E-state index contributed by atoms with van der Waals surface area (Å²) in [4.78, 5) is 4.25. The Hall–Kier alpha value is -1.45. The first-order valence-corrected chi connectivity index (χ1v) is 5.46. The lowest BCUT2D eigenvalue weighted by atomic mass is 9.98. The Morgan fingerprint density at radius 2 is 2.12 bits per heavy atom. The van der Waals surface area contributed by atoms with Crippen LogP contribution in [0.15, 0.2) is 30.6 Å². The average Bonchev–Trinajstić information content (AvgIpc) is 2.28. The quantitative estimate of drug-likeness (QED) is 0.775. The number of rotatable bonds is 3. The molecule has 2 aromatic rings. The summed E-state index contributed by atoms with van der Waals surface area (Å²) in [6.07, 6.45) is 3.79. The molecule has 0 unspecified atom stereocenters. The Kier molecular flexibility index (Phi) is 3.17. The van der Waals surface area contributed by atoms with Crippen LogP contribution in [0.1, 0.15) is 30.9 Å². The Bertz CT molecular complexity index is 494. The molecule has 3 heteroatoms. The minimum absolute atomic E-state index is 0.460. The van der Waals surface area contributed by atoms with Crippen molar-refractivity contribution in [2.45, 2.75) is 26.3 Å². The van der Waals surface area contributed by atoms with Gasteiger partial charge in [-0.2, -0.15) is 0 Å². The highest BCUT2D eigenvalue weighted by atomic mass is 16.5. The second-order valence-corrected chi connectivity index (χ2v) is 4.27. The van der Waals surface area contributed by atoms with Crippen molar-refractivity contribution in [2.75, 3.05) is 0 Å². The molecule has 0 spiro atoms. The van der Waals surface area contributed by atoms with Gasteiger partial charge in [0.15, 0.2) is 0 Å². The van der Waals surface area contributed by atoms with Crippen molar-refractivity contribution in [3.63, 3.8) is 0 Å². The number of pyridine rings is 1. The fraction of sp³-hybridized carbons (Fsp3) is 0.308. The summed E-state index contributed by atoms with van der Waals surface area (Å²) in [5, 5.41) is 11.0. The molecule has 16 heavy (non-hydrogen) atoms. The molecule has 1 heterocycles. The smallest absolute Gasteiger partial charge is 0.0458 e. The number of hydroxylamine groups is 1. The molecule has 0 aliphatic carbocycles. The van der Waals surface area contributed by atoms with E-state index in [1.54, 1.807) is 0 Å². The van der Waals surface area contributed by atoms with Crippen LogP contribution in [-0.2, 0) is 6.54 Å². The zero-order valence-electron chi connectivity index (χ0n) is 9.57. The Morgan fingerprint density at radius 3 is 2.81 bits per heavy atom. The van der Waals surface area contributed by atoms with Crippen LogP contribution in [0.4, 0.5) is 0 Å². The van der Waals surface area contributed by atoms with E-state index in [9.17, 15) is 0 Å². The van der Waals surface area contributed by atoms with E-state index in [4.69, 9.17) is 5.21 Å². The molecule has 1 aromatic heterocycles. The largest absolute Gasteiger partial charge is 0.316 e. The van der Waals surface area contributed by atoms with Gasteiger partial charge >= 0.3 is 0 Å². The van der Waals surface area contributed by atoms with E-state index in [2.05, 4.69) is 36.4 Å². The Morgan fingerprint density at radius 1 is 1.31 bits per heavy atom. The van der Waals surface area contributed by atoms with E-state index in [-0.39, 0.29) is 0 Å². The summed E-state index contributed by atoms with van der Waals surface area (Å²) >= 11 is 0. The molecule has 0 saturated carbocycles. The fourth-order valence-corrected chi connectivity index (χ4v) is 1.91. The third-order valence-corrected chi connectivity index (χ3v) is 2.76. The van der Waals surface area contributed by atoms with Crippen LogP contribution in [0.5, 0.6) is 0 Å². The van der Waals surface area contributed by atoms with Crippen molar-refractivity contribution < 1.29 is 5.21 Å². The lowest BCUT2D eigenvalue weighted by Gasteiger charge is -2.10. The highest BCUT2D eigenvalue weighted by molar-refractivity contribution is 5.85. The van der Waals surface area contributed by atoms with Crippen LogP contribution in [0, 0.1) is 0 Å². The number of hydrogen-bond acceptors (Lipinski definition) is 3. The maximum absolute atomic E-state index is 8.67. The second kappa shape index (κ2) is 4.60. The van der Waals surface area contributed by atoms with E-state index in [1.807, 2.05) is 18.5 Å². The summed E-state index contributed by atoms with van der Waals surface area (Å²) in [6, 6.07) is 6.17. The van der Waals surface area contributed by atoms with Gasteiger partial charge in [-0.25, -0.2) is 5.48 Å². The van der Waals surface area contributed by atoms with Crippen molar-refractivity contribution in [2.24, 2.45) is 0 Å². The number of hydrogen-bond donors (Lipinski definition) is 2. The summed E-state index contributed by atoms with van der Waals surface area (Å²) in [7, 11) is 0. The Balaban J connectivity index is 2.55. The van der Waals surface area contributed by atoms with Gasteiger partial charge in [0, 0.05) is 24.3 Å². The van der Waals surface area contributed by atoms with Gasteiger partial charge in [-0.15, -0.1) is 0 Å². The van der Waals surface area contributed by atoms with Gasteiger partial charge in [0.05, 0.1) is 0 Å². The van der Waals surface area contributed by atoms with E-state index in [1.165, 1.54) is 10.9 Å². The lowest BCUT2D eigenvalue weighted by molar-refractivity contribution is 0.161. The van der Waals surface area contributed by atoms with Gasteiger partial charge in [0.2, 0.25) is 0 Å². The molecule has 0 aliphatic heterocycles. The predicted octanol–water partition coefficient (Wildman–Crippen LogP) is 2.84. The van der Waals surface area contributed by atoms with E-state index < -0.39 is 0 Å². The molecular formula is C13H16N2O. The van der Waals surface area contributed by atoms with Gasteiger partial charge < -0.3 is 5.21 Å². The Labute approximate surface area is 95.1 Å². The van der Waals surface area contributed by atoms with E-state index >= 15 is 0 Å². The molecule has 3 nitrogen and oxygen atoms in total. The van der Waals surface area contributed by atoms with Crippen molar-refractivity contribution in [1.82, 2.24) is 10.5 Å². The summed E-state index contributed by atoms with van der Waals surface area (Å²) < 4.78 is 0. The predicted molar refractivity (Wildman–Crippen MR) is 64.5 cm³/mol. The van der Waals surface area contributed by atoms with E-state index in [0.717, 1.165) is 10.9 Å². The molecule has 2 rings (SSSR count). The number of nitrogens with one attached hydrogen (secondary N) is 1. The van der Waals surface area contributed by atoms with Crippen LogP contribution in [0.3, 0.4) is 0 Å². The molecular weight excluding hydrogens is 200 g/mol. The van der Waals surface area contributed by atoms with Crippen molar-refractivity contribution >= 4 is 10.8 Å². The molecule has 0 fully saturated rings. The number of benzene rings is 1. The van der Waals surface area contributed by atoms with Gasteiger partial charge in [-0.3, -0.25) is 4.98 Å². The normalized spacial score (nSPS) is 11.2. The van der Waals surface area contributed by atoms with E-state index in [0.29, 0.717) is 12.5 Å². The third kappa shape index (κ3) is 2.05. The van der Waals surface area contributed by atoms with Crippen molar-refractivity contribution in [3.8, 4) is 0 Å². The van der Waals surface area contributed by atoms with Crippen LogP contribution in [-0.4, -0.2) is 10.2 Å². The molecule has 0 bridgehead atoms. The average molecular weight is 216 g/mol. The summed E-state index contributed by atoms with van der Waals surface area (Å²) in [5.74, 6) is 0.470. The maximum atomic E-state index is 8.67. The highest BCUT2D eigenvalue weighted by Crippen LogP contribution is 2.24. The molecule has 0 aliphatic rings. The van der Waals surface area contributed by atoms with Gasteiger partial charge in [0.1, 0.15) is 0 Å². The number of fused-ring (bicyclic) bond motifs is 1. The minimum atomic E-state index is 0.460. The summed E-state index contributed by atoms with van der Waals surface area (Å²) in [5.41, 5.74) is 4.48. The second-order valence-electron chi connectivity index (χ2n) is 4.27. The van der Waals surface area contributed by atoms with Crippen LogP contribution < -0.4 is 5.48 Å². The molecule has 0 atom stereocenters. The first-order chi connectivity index (χ1) is 7.72. The first-order valence-electron chi connectivity index (χ1n) is 5.46. The minimum Gasteiger partial charge on any atom is -0.316 e. The van der Waals surface area contributed by atoms with Gasteiger partial charge in [-0.05, 0) is 28.5 Å². The lowest BCUT2D eigenvalue weighted by Crippen LogP contribution is -2.05. The molecule has 1 aromatic carbocycles. The SMILES string of the molecule is CC(C)c1cncc2cc(CNO)ccc12. The van der Waals surface area contributed by atoms with Crippen LogP contribution in [0.25, 0.3) is 10.8 Å². The van der Waals surface area contributed by atoms with Crippen LogP contribution >= 0.6 is 0 Å². The first kappa shape index (κ1) is 11.0. The van der Waals surface area contributed by atoms with Crippen molar-refractivity contribution in [1.29, 1.82) is 0 Å². The standard InChI is InChI=1S/C13H16N2O/c1-9(2)13-8-14-7-11-5-10(6-15-16)3-4-12(11)13/h3-5,7-9,15-16H,6H2,1-2H3. The molecule has 84 valence electrons. The zero-order chi connectivity index (χ0) is 11.5. The van der Waals surface area contributed by atoms with Gasteiger partial charge in [0.25, 0.3) is 0 Å². The highest BCUT2D eigenvalue weighted by Gasteiger charge is 2.05. The third-order valence-electron chi connectivity index (χ3n) is 2.76. The molecule has 0 amide bonds. The monoisotopic (exact) mass is 216 g/mol. The number of aromatic nitrogens is 1. The molecule has 0 radical (unpaired) electrons. The number of nitrogens with zero attached hydrogens (tertiary/aromatic N) is 1.